The van der Waals surface area contributed by atoms with Gasteiger partial charge in [0.05, 0.1) is 4.70 Å². The Morgan fingerprint density at radius 2 is 2.10 bits per heavy atom. The molecule has 0 aliphatic carbocycles. The number of oxime groups is 1. The van der Waals surface area contributed by atoms with E-state index in [9.17, 15) is 14.4 Å². The molecular weight excluding hydrogens is 601 g/mol. The standard InChI is InChI=1S/C23H24N6O5S5/c1-23(2,3)34-21(32)16-10(5-36-18-11-7-35-9-13(11)39-28-18)6-37-20-15(19(31)29(16)20)26-17(30)14(27-33-4)12-8-38-22(24)25-12/h7-9,15,20H,5-6H2,1-4H3,(H2,24,25)(H,26,30)/t15-,20-/m1/s1. The maximum Gasteiger partial charge on any atom is 0.355 e. The van der Waals surface area contributed by atoms with E-state index in [4.69, 9.17) is 15.3 Å². The molecule has 0 bridgehead atoms. The van der Waals surface area contributed by atoms with E-state index < -0.39 is 34.8 Å². The molecule has 0 radical (unpaired) electrons. The maximum absolute atomic E-state index is 13.4. The Hall–Kier alpha value is -2.66. The Labute approximate surface area is 244 Å². The van der Waals surface area contributed by atoms with Crippen molar-refractivity contribution in [3.8, 4) is 0 Å². The number of hydrogen-bond donors (Lipinski definition) is 2. The molecule has 3 N–H and O–H groups in total. The van der Waals surface area contributed by atoms with Crippen molar-refractivity contribution in [1.29, 1.82) is 0 Å². The highest BCUT2D eigenvalue weighted by Gasteiger charge is 2.55. The van der Waals surface area contributed by atoms with E-state index in [2.05, 4.69) is 30.6 Å². The van der Waals surface area contributed by atoms with Gasteiger partial charge in [0.25, 0.3) is 11.8 Å². The SMILES string of the molecule is CON=C(C(=O)N[C@@H]1C(=O)N2C(C(=O)OC(C)(C)C)=C(CSc3nsc4cscc34)CS[C@H]12)c1csc(N)n1. The summed E-state index contributed by atoms with van der Waals surface area (Å²) in [5.41, 5.74) is 6.11. The number of amides is 2. The van der Waals surface area contributed by atoms with Gasteiger partial charge in [-0.1, -0.05) is 5.16 Å². The number of thiophene rings is 1. The second kappa shape index (κ2) is 11.1. The predicted octanol–water partition coefficient (Wildman–Crippen LogP) is 3.54. The highest BCUT2D eigenvalue weighted by molar-refractivity contribution is 8.01. The zero-order valence-electron chi connectivity index (χ0n) is 21.2. The lowest BCUT2D eigenvalue weighted by Crippen LogP contribution is -2.71. The van der Waals surface area contributed by atoms with Crippen LogP contribution in [0.15, 0.2) is 37.6 Å². The fourth-order valence-electron chi connectivity index (χ4n) is 3.92. The summed E-state index contributed by atoms with van der Waals surface area (Å²) < 4.78 is 11.3. The summed E-state index contributed by atoms with van der Waals surface area (Å²) in [6.07, 6.45) is 0. The molecule has 2 aliphatic rings. The number of carbonyl (C=O) groups is 3. The number of anilines is 1. The van der Waals surface area contributed by atoms with Gasteiger partial charge in [0, 0.05) is 33.0 Å². The van der Waals surface area contributed by atoms with Gasteiger partial charge < -0.3 is 20.6 Å². The number of aromatic nitrogens is 2. The van der Waals surface area contributed by atoms with Crippen LogP contribution >= 0.6 is 57.7 Å². The molecule has 2 aliphatic heterocycles. The molecule has 3 aromatic rings. The van der Waals surface area contributed by atoms with Gasteiger partial charge in [0.15, 0.2) is 10.8 Å². The van der Waals surface area contributed by atoms with Crippen molar-refractivity contribution in [2.24, 2.45) is 5.16 Å². The van der Waals surface area contributed by atoms with Crippen molar-refractivity contribution in [1.82, 2.24) is 19.6 Å². The summed E-state index contributed by atoms with van der Waals surface area (Å²) in [5.74, 6) is -0.652. The van der Waals surface area contributed by atoms with E-state index in [0.717, 1.165) is 32.0 Å². The first-order chi connectivity index (χ1) is 18.6. The summed E-state index contributed by atoms with van der Waals surface area (Å²) in [6, 6.07) is -0.865. The molecule has 0 saturated carbocycles. The third-order valence-electron chi connectivity index (χ3n) is 5.56. The molecule has 16 heteroatoms. The minimum atomic E-state index is -0.865. The molecule has 2 amide bonds. The Morgan fingerprint density at radius 1 is 1.31 bits per heavy atom. The van der Waals surface area contributed by atoms with E-state index in [0.29, 0.717) is 11.5 Å². The molecular formula is C23H24N6O5S5. The lowest BCUT2D eigenvalue weighted by Gasteiger charge is -2.50. The summed E-state index contributed by atoms with van der Waals surface area (Å²) in [6.45, 7) is 5.33. The molecule has 1 saturated heterocycles. The molecule has 1 fully saturated rings. The number of nitrogens with two attached hydrogens (primary N) is 1. The minimum absolute atomic E-state index is 0.0967. The fraction of sp³-hybridized carbons (Fsp3) is 0.391. The van der Waals surface area contributed by atoms with Gasteiger partial charge in [-0.15, -0.1) is 34.9 Å². The zero-order valence-corrected chi connectivity index (χ0v) is 25.3. The van der Waals surface area contributed by atoms with Crippen LogP contribution in [0.3, 0.4) is 0 Å². The quantitative estimate of drug-likeness (QED) is 0.125. The van der Waals surface area contributed by atoms with Crippen LogP contribution in [0.2, 0.25) is 0 Å². The second-order valence-electron chi connectivity index (χ2n) is 9.43. The molecule has 0 aromatic carbocycles. The molecule has 11 nitrogen and oxygen atoms in total. The number of rotatable bonds is 8. The average molecular weight is 625 g/mol. The first-order valence-corrected chi connectivity index (χ1v) is 16.2. The molecule has 0 unspecified atom stereocenters. The number of β-lactam (4-membered cyclic amide) rings is 1. The van der Waals surface area contributed by atoms with Crippen molar-refractivity contribution < 1.29 is 24.0 Å². The van der Waals surface area contributed by atoms with Crippen molar-refractivity contribution in [2.75, 3.05) is 24.3 Å². The first-order valence-electron chi connectivity index (χ1n) is 11.5. The second-order valence-corrected chi connectivity index (χ2v) is 13.9. The van der Waals surface area contributed by atoms with Gasteiger partial charge in [-0.25, -0.2) is 9.78 Å². The van der Waals surface area contributed by atoms with Crippen molar-refractivity contribution in [2.45, 2.75) is 42.8 Å². The van der Waals surface area contributed by atoms with Crippen molar-refractivity contribution >= 4 is 96.4 Å². The minimum Gasteiger partial charge on any atom is -0.455 e. The highest BCUT2D eigenvalue weighted by Crippen LogP contribution is 2.43. The van der Waals surface area contributed by atoms with Crippen molar-refractivity contribution in [3.05, 3.63) is 33.1 Å². The monoisotopic (exact) mass is 624 g/mol. The number of nitrogens with one attached hydrogen (secondary N) is 1. The normalized spacial score (nSPS) is 19.6. The van der Waals surface area contributed by atoms with E-state index >= 15 is 0 Å². The third kappa shape index (κ3) is 5.66. The number of nitrogens with zero attached hydrogens (tertiary/aromatic N) is 4. The number of hydrogen-bond acceptors (Lipinski definition) is 14. The Kier molecular flexibility index (Phi) is 7.92. The molecule has 39 heavy (non-hydrogen) atoms. The van der Waals surface area contributed by atoms with Gasteiger partial charge in [0.1, 0.15) is 40.5 Å². The number of carbonyl (C=O) groups excluding carboxylic acids is 3. The summed E-state index contributed by atoms with van der Waals surface area (Å²) in [7, 11) is 1.31. The van der Waals surface area contributed by atoms with Crippen LogP contribution in [0.4, 0.5) is 5.13 Å². The number of fused-ring (bicyclic) bond motifs is 2. The van der Waals surface area contributed by atoms with Crippen molar-refractivity contribution in [3.63, 3.8) is 0 Å². The average Bonchev–Trinajstić information content (AvgIpc) is 3.61. The van der Waals surface area contributed by atoms with Crippen LogP contribution in [0.25, 0.3) is 10.1 Å². The van der Waals surface area contributed by atoms with Gasteiger partial charge in [0.2, 0.25) is 0 Å². The molecule has 5 heterocycles. The summed E-state index contributed by atoms with van der Waals surface area (Å²) in [5, 5.41) is 14.0. The van der Waals surface area contributed by atoms with Gasteiger partial charge >= 0.3 is 5.97 Å². The molecule has 5 rings (SSSR count). The van der Waals surface area contributed by atoms with E-state index in [-0.39, 0.29) is 22.2 Å². The van der Waals surface area contributed by atoms with Crippen LogP contribution in [0.1, 0.15) is 26.5 Å². The Balaban J connectivity index is 1.37. The zero-order chi connectivity index (χ0) is 27.9. The summed E-state index contributed by atoms with van der Waals surface area (Å²) >= 11 is 7.22. The Bertz CT molecular complexity index is 1500. The van der Waals surface area contributed by atoms with Crippen LogP contribution in [0, 0.1) is 0 Å². The highest BCUT2D eigenvalue weighted by atomic mass is 32.2. The topological polar surface area (TPSA) is 149 Å². The van der Waals surface area contributed by atoms with E-state index in [1.165, 1.54) is 47.1 Å². The largest absolute Gasteiger partial charge is 0.455 e. The van der Waals surface area contributed by atoms with Crippen LogP contribution < -0.4 is 11.1 Å². The predicted molar refractivity (Wildman–Crippen MR) is 156 cm³/mol. The number of ether oxygens (including phenoxy) is 1. The van der Waals surface area contributed by atoms with Crippen LogP contribution in [-0.4, -0.2) is 73.4 Å². The van der Waals surface area contributed by atoms with Crippen LogP contribution in [0.5, 0.6) is 0 Å². The van der Waals surface area contributed by atoms with Crippen LogP contribution in [-0.2, 0) is 24.0 Å². The molecule has 0 spiro atoms. The number of thiazole rings is 1. The van der Waals surface area contributed by atoms with E-state index in [1.807, 2.05) is 0 Å². The van der Waals surface area contributed by atoms with E-state index in [1.54, 1.807) is 37.5 Å². The lowest BCUT2D eigenvalue weighted by molar-refractivity contribution is -0.158. The third-order valence-corrected chi connectivity index (χ3v) is 10.5. The van der Waals surface area contributed by atoms with Gasteiger partial charge in [-0.05, 0) is 37.9 Å². The lowest BCUT2D eigenvalue weighted by atomic mass is 10.0. The molecule has 206 valence electrons. The smallest absolute Gasteiger partial charge is 0.355 e. The molecule has 2 atom stereocenters. The Morgan fingerprint density at radius 3 is 2.79 bits per heavy atom. The maximum atomic E-state index is 13.4. The number of nitrogen functional groups attached to an aromatic ring is 1. The van der Waals surface area contributed by atoms with Gasteiger partial charge in [-0.3, -0.25) is 14.5 Å². The first kappa shape index (κ1) is 27.9. The van der Waals surface area contributed by atoms with Gasteiger partial charge in [-0.2, -0.15) is 15.7 Å². The number of thioether (sulfide) groups is 2. The fourth-order valence-corrected chi connectivity index (χ4v) is 8.92. The number of esters is 1. The molecule has 3 aromatic heterocycles. The summed E-state index contributed by atoms with van der Waals surface area (Å²) in [4.78, 5) is 50.1.